The zero-order chi connectivity index (χ0) is 21.9. The molecule has 1 aliphatic heterocycles. The predicted molar refractivity (Wildman–Crippen MR) is 112 cm³/mol. The van der Waals surface area contributed by atoms with Gasteiger partial charge >= 0.3 is 6.03 Å². The lowest BCUT2D eigenvalue weighted by atomic mass is 9.91. The standard InChI is InChI=1S/C22H27N3O5/c1-22(16-11-17(28-3)19(30-5)18(12-16)29-4)20(26)25(21(27)23-22)14-24(2)13-15-9-7-6-8-10-15/h6-12H,13-14H2,1-5H3,(H,23,27)/t22-/m1/s1. The van der Waals surface area contributed by atoms with Crippen molar-refractivity contribution in [2.45, 2.75) is 19.0 Å². The van der Waals surface area contributed by atoms with E-state index in [1.807, 2.05) is 42.3 Å². The van der Waals surface area contributed by atoms with Crippen LogP contribution in [0, 0.1) is 0 Å². The van der Waals surface area contributed by atoms with Crippen LogP contribution in [-0.4, -0.2) is 56.8 Å². The summed E-state index contributed by atoms with van der Waals surface area (Å²) in [6, 6.07) is 12.8. The van der Waals surface area contributed by atoms with Crippen LogP contribution in [0.3, 0.4) is 0 Å². The minimum Gasteiger partial charge on any atom is -0.493 e. The molecule has 30 heavy (non-hydrogen) atoms. The number of hydrogen-bond acceptors (Lipinski definition) is 6. The largest absolute Gasteiger partial charge is 0.493 e. The van der Waals surface area contributed by atoms with Gasteiger partial charge in [0.05, 0.1) is 28.0 Å². The van der Waals surface area contributed by atoms with Crippen molar-refractivity contribution >= 4 is 11.9 Å². The molecule has 1 fully saturated rings. The van der Waals surface area contributed by atoms with Crippen molar-refractivity contribution in [1.82, 2.24) is 15.1 Å². The van der Waals surface area contributed by atoms with Crippen molar-refractivity contribution in [3.63, 3.8) is 0 Å². The van der Waals surface area contributed by atoms with E-state index >= 15 is 0 Å². The number of amides is 3. The zero-order valence-electron chi connectivity index (χ0n) is 17.9. The lowest BCUT2D eigenvalue weighted by molar-refractivity contribution is -0.132. The molecule has 0 spiro atoms. The second-order valence-electron chi connectivity index (χ2n) is 7.34. The normalized spacial score (nSPS) is 18.5. The van der Waals surface area contributed by atoms with Gasteiger partial charge in [-0.2, -0.15) is 0 Å². The molecule has 0 saturated carbocycles. The van der Waals surface area contributed by atoms with Gasteiger partial charge in [-0.05, 0) is 37.2 Å². The van der Waals surface area contributed by atoms with Crippen LogP contribution in [0.1, 0.15) is 18.1 Å². The van der Waals surface area contributed by atoms with E-state index in [9.17, 15) is 9.59 Å². The number of carbonyl (C=O) groups is 2. The molecule has 160 valence electrons. The fourth-order valence-electron chi connectivity index (χ4n) is 3.58. The third-order valence-corrected chi connectivity index (χ3v) is 5.20. The fourth-order valence-corrected chi connectivity index (χ4v) is 3.58. The molecule has 1 N–H and O–H groups in total. The van der Waals surface area contributed by atoms with Crippen molar-refractivity contribution in [3.8, 4) is 17.2 Å². The number of imide groups is 1. The molecule has 8 heteroatoms. The van der Waals surface area contributed by atoms with Crippen molar-refractivity contribution in [2.75, 3.05) is 35.0 Å². The summed E-state index contributed by atoms with van der Waals surface area (Å²) in [6.45, 7) is 2.45. The monoisotopic (exact) mass is 413 g/mol. The lowest BCUT2D eigenvalue weighted by Crippen LogP contribution is -2.42. The number of ether oxygens (including phenoxy) is 3. The van der Waals surface area contributed by atoms with Gasteiger partial charge < -0.3 is 19.5 Å². The summed E-state index contributed by atoms with van der Waals surface area (Å²) < 4.78 is 16.1. The molecule has 1 saturated heterocycles. The van der Waals surface area contributed by atoms with Crippen molar-refractivity contribution in [3.05, 3.63) is 53.6 Å². The van der Waals surface area contributed by atoms with Crippen LogP contribution < -0.4 is 19.5 Å². The number of rotatable bonds is 8. The topological polar surface area (TPSA) is 80.3 Å². The van der Waals surface area contributed by atoms with Crippen LogP contribution in [0.5, 0.6) is 17.2 Å². The van der Waals surface area contributed by atoms with Crippen LogP contribution in [0.2, 0.25) is 0 Å². The summed E-state index contributed by atoms with van der Waals surface area (Å²) >= 11 is 0. The molecular weight excluding hydrogens is 386 g/mol. The molecule has 0 aromatic heterocycles. The zero-order valence-corrected chi connectivity index (χ0v) is 17.9. The Balaban J connectivity index is 1.85. The van der Waals surface area contributed by atoms with Gasteiger partial charge in [0.1, 0.15) is 5.54 Å². The number of nitrogens with zero attached hydrogens (tertiary/aromatic N) is 2. The molecule has 3 rings (SSSR count). The molecule has 8 nitrogen and oxygen atoms in total. The van der Waals surface area contributed by atoms with Crippen molar-refractivity contribution in [1.29, 1.82) is 0 Å². The van der Waals surface area contributed by atoms with E-state index in [1.54, 1.807) is 19.1 Å². The van der Waals surface area contributed by atoms with Crippen LogP contribution in [0.4, 0.5) is 4.79 Å². The smallest absolute Gasteiger partial charge is 0.326 e. The van der Waals surface area contributed by atoms with Crippen molar-refractivity contribution < 1.29 is 23.8 Å². The van der Waals surface area contributed by atoms with Crippen LogP contribution in [0.25, 0.3) is 0 Å². The second kappa shape index (κ2) is 8.62. The first-order valence-electron chi connectivity index (χ1n) is 9.51. The highest BCUT2D eigenvalue weighted by molar-refractivity contribution is 6.07. The highest BCUT2D eigenvalue weighted by Crippen LogP contribution is 2.42. The Labute approximate surface area is 176 Å². The Bertz CT molecular complexity index is 909. The summed E-state index contributed by atoms with van der Waals surface area (Å²) in [5, 5.41) is 2.81. The Morgan fingerprint density at radius 2 is 1.60 bits per heavy atom. The fraction of sp³-hybridized carbons (Fsp3) is 0.364. The van der Waals surface area contributed by atoms with E-state index < -0.39 is 11.6 Å². The molecule has 1 heterocycles. The predicted octanol–water partition coefficient (Wildman–Crippen LogP) is 2.57. The molecule has 0 bridgehead atoms. The maximum Gasteiger partial charge on any atom is 0.326 e. The van der Waals surface area contributed by atoms with Gasteiger partial charge in [-0.25, -0.2) is 9.69 Å². The van der Waals surface area contributed by atoms with Gasteiger partial charge in [0.15, 0.2) is 11.5 Å². The minimum absolute atomic E-state index is 0.166. The molecule has 2 aromatic carbocycles. The summed E-state index contributed by atoms with van der Waals surface area (Å²) in [5.41, 5.74) is 0.389. The highest BCUT2D eigenvalue weighted by atomic mass is 16.5. The third-order valence-electron chi connectivity index (χ3n) is 5.20. The minimum atomic E-state index is -1.25. The van der Waals surface area contributed by atoms with E-state index in [2.05, 4.69) is 5.32 Å². The first-order chi connectivity index (χ1) is 14.3. The maximum absolute atomic E-state index is 13.3. The molecule has 0 aliphatic carbocycles. The molecule has 2 aromatic rings. The first-order valence-corrected chi connectivity index (χ1v) is 9.51. The number of methoxy groups -OCH3 is 3. The Morgan fingerprint density at radius 1 is 1.00 bits per heavy atom. The van der Waals surface area contributed by atoms with Crippen LogP contribution >= 0.6 is 0 Å². The molecular formula is C22H27N3O5. The molecule has 0 radical (unpaired) electrons. The van der Waals surface area contributed by atoms with Gasteiger partial charge in [0.2, 0.25) is 5.75 Å². The highest BCUT2D eigenvalue weighted by Gasteiger charge is 2.49. The number of benzene rings is 2. The van der Waals surface area contributed by atoms with Gasteiger partial charge in [-0.3, -0.25) is 9.69 Å². The van der Waals surface area contributed by atoms with Gasteiger partial charge in [-0.15, -0.1) is 0 Å². The third kappa shape index (κ3) is 3.91. The van der Waals surface area contributed by atoms with E-state index in [4.69, 9.17) is 14.2 Å². The van der Waals surface area contributed by atoms with Gasteiger partial charge in [-0.1, -0.05) is 30.3 Å². The maximum atomic E-state index is 13.3. The number of carbonyl (C=O) groups excluding carboxylic acids is 2. The van der Waals surface area contributed by atoms with Gasteiger partial charge in [0, 0.05) is 6.54 Å². The average molecular weight is 413 g/mol. The molecule has 0 unspecified atom stereocenters. The summed E-state index contributed by atoms with van der Waals surface area (Å²) in [7, 11) is 6.38. The van der Waals surface area contributed by atoms with E-state index in [1.165, 1.54) is 26.2 Å². The Hall–Kier alpha value is -3.26. The summed E-state index contributed by atoms with van der Waals surface area (Å²) in [6.07, 6.45) is 0. The van der Waals surface area contributed by atoms with E-state index in [0.717, 1.165) is 5.56 Å². The molecule has 1 atom stereocenters. The van der Waals surface area contributed by atoms with Crippen molar-refractivity contribution in [2.24, 2.45) is 0 Å². The van der Waals surface area contributed by atoms with Gasteiger partial charge in [0.25, 0.3) is 5.91 Å². The number of hydrogen-bond donors (Lipinski definition) is 1. The Kier molecular flexibility index (Phi) is 6.17. The molecule has 1 aliphatic rings. The Morgan fingerprint density at radius 3 is 2.13 bits per heavy atom. The van der Waals surface area contributed by atoms with E-state index in [0.29, 0.717) is 29.4 Å². The van der Waals surface area contributed by atoms with Crippen LogP contribution in [0.15, 0.2) is 42.5 Å². The summed E-state index contributed by atoms with van der Waals surface area (Å²) in [4.78, 5) is 29.1. The summed E-state index contributed by atoms with van der Waals surface area (Å²) in [5.74, 6) is 0.898. The van der Waals surface area contributed by atoms with E-state index in [-0.39, 0.29) is 12.6 Å². The number of nitrogens with one attached hydrogen (secondary N) is 1. The first kappa shape index (κ1) is 21.4. The van der Waals surface area contributed by atoms with Crippen LogP contribution in [-0.2, 0) is 16.9 Å². The average Bonchev–Trinajstić information content (AvgIpc) is 2.97. The SMILES string of the molecule is COc1cc([C@@]2(C)NC(=O)N(CN(C)Cc3ccccc3)C2=O)cc(OC)c1OC. The molecule has 3 amide bonds. The second-order valence-corrected chi connectivity index (χ2v) is 7.34. The quantitative estimate of drug-likeness (QED) is 0.670. The lowest BCUT2D eigenvalue weighted by Gasteiger charge is -2.26. The number of urea groups is 1.